The molecule has 1 saturated heterocycles. The molecule has 0 unspecified atom stereocenters. The van der Waals surface area contributed by atoms with Gasteiger partial charge in [-0.3, -0.25) is 0 Å². The normalized spacial score (nSPS) is 15.7. The van der Waals surface area contributed by atoms with E-state index in [9.17, 15) is 9.59 Å². The Labute approximate surface area is 155 Å². The number of amides is 3. The first kappa shape index (κ1) is 19.8. The average Bonchev–Trinajstić information content (AvgIpc) is 2.58. The highest BCUT2D eigenvalue weighted by Gasteiger charge is 2.25. The third-order valence-electron chi connectivity index (χ3n) is 3.98. The third-order valence-corrected chi connectivity index (χ3v) is 3.98. The number of alkyl carbamates (subject to hydrolysis) is 1. The second kappa shape index (κ2) is 9.27. The van der Waals surface area contributed by atoms with Gasteiger partial charge < -0.3 is 20.3 Å². The topological polar surface area (TPSA) is 70.7 Å². The van der Waals surface area contributed by atoms with Crippen LogP contribution in [0.4, 0.5) is 9.59 Å². The molecule has 6 heteroatoms. The van der Waals surface area contributed by atoms with Crippen LogP contribution in [-0.2, 0) is 4.74 Å². The van der Waals surface area contributed by atoms with Crippen LogP contribution < -0.4 is 10.6 Å². The van der Waals surface area contributed by atoms with Crippen molar-refractivity contribution in [3.05, 3.63) is 42.0 Å². The molecule has 6 nitrogen and oxygen atoms in total. The fourth-order valence-electron chi connectivity index (χ4n) is 2.72. The van der Waals surface area contributed by atoms with Crippen LogP contribution in [0, 0.1) is 0 Å². The molecule has 142 valence electrons. The summed E-state index contributed by atoms with van der Waals surface area (Å²) in [7, 11) is 0. The van der Waals surface area contributed by atoms with Crippen LogP contribution in [0.1, 0.15) is 39.2 Å². The minimum absolute atomic E-state index is 0.0480. The molecule has 1 aliphatic heterocycles. The van der Waals surface area contributed by atoms with Crippen LogP contribution in [0.5, 0.6) is 0 Å². The zero-order chi connectivity index (χ0) is 19.0. The SMILES string of the molecule is CC(C)(C)OC(=O)NC1CCN(C(=O)NCC=Cc2ccccc2)CC1. The summed E-state index contributed by atoms with van der Waals surface area (Å²) in [5, 5.41) is 5.77. The molecule has 1 aromatic rings. The van der Waals surface area contributed by atoms with Crippen molar-refractivity contribution in [3.8, 4) is 0 Å². The molecule has 0 bridgehead atoms. The largest absolute Gasteiger partial charge is 0.444 e. The van der Waals surface area contributed by atoms with E-state index in [-0.39, 0.29) is 12.1 Å². The Hall–Kier alpha value is -2.50. The number of carbonyl (C=O) groups excluding carboxylic acids is 2. The summed E-state index contributed by atoms with van der Waals surface area (Å²) in [6.07, 6.45) is 4.98. The monoisotopic (exact) mass is 359 g/mol. The number of nitrogens with one attached hydrogen (secondary N) is 2. The number of rotatable bonds is 4. The summed E-state index contributed by atoms with van der Waals surface area (Å²) in [6.45, 7) is 7.25. The van der Waals surface area contributed by atoms with Gasteiger partial charge in [0.05, 0.1) is 0 Å². The number of benzene rings is 1. The van der Waals surface area contributed by atoms with E-state index in [0.717, 1.165) is 18.4 Å². The highest BCUT2D eigenvalue weighted by molar-refractivity contribution is 5.74. The maximum absolute atomic E-state index is 12.2. The second-order valence-electron chi connectivity index (χ2n) is 7.41. The van der Waals surface area contributed by atoms with Crippen molar-refractivity contribution >= 4 is 18.2 Å². The maximum Gasteiger partial charge on any atom is 0.407 e. The molecule has 0 aromatic heterocycles. The fourth-order valence-corrected chi connectivity index (χ4v) is 2.72. The van der Waals surface area contributed by atoms with Gasteiger partial charge >= 0.3 is 12.1 Å². The number of ether oxygens (including phenoxy) is 1. The Bertz CT molecular complexity index is 615. The standard InChI is InChI=1S/C20H29N3O3/c1-20(2,3)26-19(25)22-17-11-14-23(15-12-17)18(24)21-13-7-10-16-8-5-4-6-9-16/h4-10,17H,11-15H2,1-3H3,(H,21,24)(H,22,25). The molecule has 0 spiro atoms. The van der Waals surface area contributed by atoms with E-state index in [1.54, 1.807) is 4.90 Å². The maximum atomic E-state index is 12.2. The van der Waals surface area contributed by atoms with Crippen LogP contribution in [0.3, 0.4) is 0 Å². The fraction of sp³-hybridized carbons (Fsp3) is 0.500. The Kier molecular flexibility index (Phi) is 7.06. The van der Waals surface area contributed by atoms with Gasteiger partial charge in [-0.2, -0.15) is 0 Å². The number of piperidine rings is 1. The van der Waals surface area contributed by atoms with E-state index < -0.39 is 11.7 Å². The Balaban J connectivity index is 1.66. The van der Waals surface area contributed by atoms with Crippen molar-refractivity contribution in [1.29, 1.82) is 0 Å². The Morgan fingerprint density at radius 3 is 2.46 bits per heavy atom. The van der Waals surface area contributed by atoms with Gasteiger partial charge in [-0.1, -0.05) is 42.5 Å². The second-order valence-corrected chi connectivity index (χ2v) is 7.41. The van der Waals surface area contributed by atoms with E-state index >= 15 is 0 Å². The number of carbonyl (C=O) groups is 2. The molecule has 26 heavy (non-hydrogen) atoms. The van der Waals surface area contributed by atoms with Crippen molar-refractivity contribution in [1.82, 2.24) is 15.5 Å². The Morgan fingerprint density at radius 1 is 1.19 bits per heavy atom. The predicted octanol–water partition coefficient (Wildman–Crippen LogP) is 3.40. The van der Waals surface area contributed by atoms with Gasteiger partial charge in [-0.05, 0) is 39.2 Å². The lowest BCUT2D eigenvalue weighted by Crippen LogP contribution is -2.50. The van der Waals surface area contributed by atoms with Gasteiger partial charge in [-0.25, -0.2) is 9.59 Å². The van der Waals surface area contributed by atoms with E-state index in [0.29, 0.717) is 19.6 Å². The van der Waals surface area contributed by atoms with Gasteiger partial charge in [0.25, 0.3) is 0 Å². The van der Waals surface area contributed by atoms with Gasteiger partial charge in [0.15, 0.2) is 0 Å². The minimum Gasteiger partial charge on any atom is -0.444 e. The van der Waals surface area contributed by atoms with E-state index in [4.69, 9.17) is 4.74 Å². The van der Waals surface area contributed by atoms with Crippen LogP contribution in [0.15, 0.2) is 36.4 Å². The number of likely N-dealkylation sites (tertiary alicyclic amines) is 1. The summed E-state index contributed by atoms with van der Waals surface area (Å²) >= 11 is 0. The molecule has 2 N–H and O–H groups in total. The van der Waals surface area contributed by atoms with Gasteiger partial charge in [0, 0.05) is 25.7 Å². The summed E-state index contributed by atoms with van der Waals surface area (Å²) in [5.41, 5.74) is 0.605. The highest BCUT2D eigenvalue weighted by atomic mass is 16.6. The average molecular weight is 359 g/mol. The van der Waals surface area contributed by atoms with Crippen LogP contribution in [0.2, 0.25) is 0 Å². The zero-order valence-corrected chi connectivity index (χ0v) is 15.8. The molecule has 2 rings (SSSR count). The number of hydrogen-bond donors (Lipinski definition) is 2. The van der Waals surface area contributed by atoms with Gasteiger partial charge in [-0.15, -0.1) is 0 Å². The molecule has 1 aliphatic rings. The van der Waals surface area contributed by atoms with E-state index in [2.05, 4.69) is 10.6 Å². The molecule has 1 heterocycles. The molecule has 0 aliphatic carbocycles. The molecular formula is C20H29N3O3. The summed E-state index contributed by atoms with van der Waals surface area (Å²) in [5.74, 6) is 0. The number of nitrogens with zero attached hydrogens (tertiary/aromatic N) is 1. The van der Waals surface area contributed by atoms with E-state index in [1.165, 1.54) is 0 Å². The molecule has 3 amide bonds. The van der Waals surface area contributed by atoms with E-state index in [1.807, 2.05) is 63.3 Å². The molecule has 0 atom stereocenters. The van der Waals surface area contributed by atoms with Crippen LogP contribution in [0.25, 0.3) is 6.08 Å². The smallest absolute Gasteiger partial charge is 0.407 e. The lowest BCUT2D eigenvalue weighted by Gasteiger charge is -2.32. The molecule has 1 fully saturated rings. The quantitative estimate of drug-likeness (QED) is 0.865. The van der Waals surface area contributed by atoms with Crippen molar-refractivity contribution in [2.45, 2.75) is 45.3 Å². The Morgan fingerprint density at radius 2 is 1.85 bits per heavy atom. The first-order valence-electron chi connectivity index (χ1n) is 9.07. The molecule has 1 aromatic carbocycles. The summed E-state index contributed by atoms with van der Waals surface area (Å²) in [6, 6.07) is 9.94. The van der Waals surface area contributed by atoms with Gasteiger partial charge in [0.1, 0.15) is 5.60 Å². The molecule has 0 saturated carbocycles. The summed E-state index contributed by atoms with van der Waals surface area (Å²) < 4.78 is 5.27. The van der Waals surface area contributed by atoms with Crippen molar-refractivity contribution in [2.75, 3.05) is 19.6 Å². The lowest BCUT2D eigenvalue weighted by atomic mass is 10.1. The summed E-state index contributed by atoms with van der Waals surface area (Å²) in [4.78, 5) is 25.8. The third kappa shape index (κ3) is 7.17. The highest BCUT2D eigenvalue weighted by Crippen LogP contribution is 2.12. The van der Waals surface area contributed by atoms with Gasteiger partial charge in [0.2, 0.25) is 0 Å². The first-order valence-corrected chi connectivity index (χ1v) is 9.07. The first-order chi connectivity index (χ1) is 12.3. The van der Waals surface area contributed by atoms with Crippen molar-refractivity contribution < 1.29 is 14.3 Å². The van der Waals surface area contributed by atoms with Crippen LogP contribution >= 0.6 is 0 Å². The molecule has 0 radical (unpaired) electrons. The minimum atomic E-state index is -0.502. The van der Waals surface area contributed by atoms with Crippen LogP contribution in [-0.4, -0.2) is 48.3 Å². The molecular weight excluding hydrogens is 330 g/mol. The van der Waals surface area contributed by atoms with Crippen molar-refractivity contribution in [3.63, 3.8) is 0 Å². The lowest BCUT2D eigenvalue weighted by molar-refractivity contribution is 0.0485. The predicted molar refractivity (Wildman–Crippen MR) is 103 cm³/mol. The van der Waals surface area contributed by atoms with Crippen molar-refractivity contribution in [2.24, 2.45) is 0 Å². The number of urea groups is 1. The zero-order valence-electron chi connectivity index (χ0n) is 15.8. The number of hydrogen-bond acceptors (Lipinski definition) is 3.